The van der Waals surface area contributed by atoms with Gasteiger partial charge in [0.15, 0.2) is 5.65 Å². The predicted octanol–water partition coefficient (Wildman–Crippen LogP) is 2.18. The van der Waals surface area contributed by atoms with E-state index in [9.17, 15) is 18.3 Å². The first-order chi connectivity index (χ1) is 12.4. The summed E-state index contributed by atoms with van der Waals surface area (Å²) in [5, 5.41) is 20.2. The summed E-state index contributed by atoms with van der Waals surface area (Å²) in [5.41, 5.74) is 1.05. The molecule has 1 aliphatic heterocycles. The van der Waals surface area contributed by atoms with Crippen LogP contribution in [0.2, 0.25) is 0 Å². The zero-order chi connectivity index (χ0) is 18.3. The summed E-state index contributed by atoms with van der Waals surface area (Å²) in [6.07, 6.45) is -4.61. The van der Waals surface area contributed by atoms with Crippen molar-refractivity contribution < 1.29 is 18.3 Å². The van der Waals surface area contributed by atoms with Crippen molar-refractivity contribution >= 4 is 17.2 Å². The molecule has 3 heterocycles. The van der Waals surface area contributed by atoms with E-state index in [-0.39, 0.29) is 11.4 Å². The highest BCUT2D eigenvalue weighted by atomic mass is 19.4. The molecular formula is C16H15F3N6O. The number of piperazine rings is 1. The van der Waals surface area contributed by atoms with Gasteiger partial charge in [-0.2, -0.15) is 17.7 Å². The van der Waals surface area contributed by atoms with Gasteiger partial charge in [0.25, 0.3) is 5.82 Å². The molecule has 0 atom stereocenters. The second-order valence-electron chi connectivity index (χ2n) is 5.97. The van der Waals surface area contributed by atoms with Crippen LogP contribution in [0.25, 0.3) is 5.65 Å². The van der Waals surface area contributed by atoms with Crippen LogP contribution in [0.5, 0.6) is 5.75 Å². The van der Waals surface area contributed by atoms with E-state index in [0.29, 0.717) is 32.0 Å². The van der Waals surface area contributed by atoms with Gasteiger partial charge in [-0.25, -0.2) is 0 Å². The first-order valence-electron chi connectivity index (χ1n) is 8.00. The number of anilines is 2. The van der Waals surface area contributed by atoms with Crippen LogP contribution >= 0.6 is 0 Å². The molecule has 10 heteroatoms. The third kappa shape index (κ3) is 2.98. The average Bonchev–Trinajstić information content (AvgIpc) is 3.06. The molecule has 7 nitrogen and oxygen atoms in total. The molecule has 1 aromatic carbocycles. The number of alkyl halides is 3. The van der Waals surface area contributed by atoms with Crippen LogP contribution in [0.4, 0.5) is 24.7 Å². The van der Waals surface area contributed by atoms with E-state index < -0.39 is 12.0 Å². The number of aromatic hydroxyl groups is 1. The highest BCUT2D eigenvalue weighted by Crippen LogP contribution is 2.28. The molecule has 1 N–H and O–H groups in total. The Balaban J connectivity index is 1.53. The minimum Gasteiger partial charge on any atom is -0.508 e. The minimum atomic E-state index is -4.61. The Morgan fingerprint density at radius 3 is 2.15 bits per heavy atom. The lowest BCUT2D eigenvalue weighted by Gasteiger charge is -2.36. The molecule has 1 aliphatic rings. The maximum absolute atomic E-state index is 13.0. The van der Waals surface area contributed by atoms with Gasteiger partial charge in [0.2, 0.25) is 0 Å². The molecule has 26 heavy (non-hydrogen) atoms. The number of phenols is 1. The summed E-state index contributed by atoms with van der Waals surface area (Å²) >= 11 is 0. The van der Waals surface area contributed by atoms with E-state index in [0.717, 1.165) is 10.2 Å². The van der Waals surface area contributed by atoms with Gasteiger partial charge in [0, 0.05) is 31.9 Å². The number of hydrogen-bond acceptors (Lipinski definition) is 6. The lowest BCUT2D eigenvalue weighted by Crippen LogP contribution is -2.47. The van der Waals surface area contributed by atoms with Gasteiger partial charge in [-0.3, -0.25) is 0 Å². The smallest absolute Gasteiger partial charge is 0.453 e. The molecule has 0 radical (unpaired) electrons. The predicted molar refractivity (Wildman–Crippen MR) is 88.3 cm³/mol. The Morgan fingerprint density at radius 2 is 1.50 bits per heavy atom. The van der Waals surface area contributed by atoms with Gasteiger partial charge in [-0.15, -0.1) is 15.3 Å². The fourth-order valence-corrected chi connectivity index (χ4v) is 2.98. The number of halogens is 3. The molecule has 4 rings (SSSR count). The highest BCUT2D eigenvalue weighted by molar-refractivity contribution is 5.52. The first kappa shape index (κ1) is 16.4. The fourth-order valence-electron chi connectivity index (χ4n) is 2.98. The second kappa shape index (κ2) is 6.04. The molecule has 0 aliphatic carbocycles. The first-order valence-corrected chi connectivity index (χ1v) is 8.00. The van der Waals surface area contributed by atoms with E-state index in [1.54, 1.807) is 18.2 Å². The lowest BCUT2D eigenvalue weighted by molar-refractivity contribution is -0.146. The largest absolute Gasteiger partial charge is 0.508 e. The number of nitrogens with zero attached hydrogens (tertiary/aromatic N) is 6. The number of hydrogen-bond donors (Lipinski definition) is 1. The van der Waals surface area contributed by atoms with Crippen LogP contribution in [0.1, 0.15) is 5.82 Å². The van der Waals surface area contributed by atoms with Gasteiger partial charge in [0.1, 0.15) is 11.6 Å². The summed E-state index contributed by atoms with van der Waals surface area (Å²) in [4.78, 5) is 4.07. The molecule has 0 saturated carbocycles. The Morgan fingerprint density at radius 1 is 0.846 bits per heavy atom. The molecule has 0 spiro atoms. The average molecular weight is 364 g/mol. The van der Waals surface area contributed by atoms with Gasteiger partial charge in [-0.1, -0.05) is 0 Å². The zero-order valence-electron chi connectivity index (χ0n) is 13.6. The topological polar surface area (TPSA) is 69.8 Å². The maximum atomic E-state index is 13.0. The molecule has 3 aromatic rings. The van der Waals surface area contributed by atoms with E-state index in [4.69, 9.17) is 0 Å². The monoisotopic (exact) mass is 364 g/mol. The molecule has 1 fully saturated rings. The van der Waals surface area contributed by atoms with Crippen molar-refractivity contribution in [2.45, 2.75) is 6.18 Å². The molecule has 0 unspecified atom stereocenters. The van der Waals surface area contributed by atoms with Crippen molar-refractivity contribution in [2.24, 2.45) is 0 Å². The van der Waals surface area contributed by atoms with E-state index in [1.807, 2.05) is 17.0 Å². The summed E-state index contributed by atoms with van der Waals surface area (Å²) < 4.78 is 39.7. The van der Waals surface area contributed by atoms with Gasteiger partial charge < -0.3 is 14.9 Å². The van der Waals surface area contributed by atoms with E-state index in [1.165, 1.54) is 6.07 Å². The van der Waals surface area contributed by atoms with Gasteiger partial charge >= 0.3 is 6.18 Å². The minimum absolute atomic E-state index is 0.0591. The van der Waals surface area contributed by atoms with Crippen LogP contribution in [-0.2, 0) is 6.18 Å². The number of benzene rings is 1. The fraction of sp³-hybridized carbons (Fsp3) is 0.312. The van der Waals surface area contributed by atoms with Crippen LogP contribution in [0.15, 0.2) is 36.4 Å². The van der Waals surface area contributed by atoms with Crippen LogP contribution in [0.3, 0.4) is 0 Å². The maximum Gasteiger partial charge on any atom is 0.453 e. The molecule has 136 valence electrons. The zero-order valence-corrected chi connectivity index (χ0v) is 13.6. The normalized spacial score (nSPS) is 15.7. The molecule has 0 bridgehead atoms. The molecule has 2 aromatic heterocycles. The number of fused-ring (bicyclic) bond motifs is 1. The van der Waals surface area contributed by atoms with Gasteiger partial charge in [-0.05, 0) is 36.4 Å². The standard InChI is InChI=1S/C16H15F3N6O/c17-16(18,19)15-21-20-13-5-6-14(22-25(13)15)24-9-7-23(8-10-24)11-1-3-12(26)4-2-11/h1-6,26H,7-10H2. The number of aromatic nitrogens is 4. The number of rotatable bonds is 2. The van der Waals surface area contributed by atoms with Crippen molar-refractivity contribution in [3.05, 3.63) is 42.2 Å². The highest BCUT2D eigenvalue weighted by Gasteiger charge is 2.37. The van der Waals surface area contributed by atoms with Crippen molar-refractivity contribution in [2.75, 3.05) is 36.0 Å². The van der Waals surface area contributed by atoms with Gasteiger partial charge in [0.05, 0.1) is 0 Å². The Labute approximate surface area is 146 Å². The van der Waals surface area contributed by atoms with Crippen molar-refractivity contribution in [3.63, 3.8) is 0 Å². The molecular weight excluding hydrogens is 349 g/mol. The van der Waals surface area contributed by atoms with Crippen molar-refractivity contribution in [3.8, 4) is 5.75 Å². The summed E-state index contributed by atoms with van der Waals surface area (Å²) in [6.45, 7) is 2.61. The van der Waals surface area contributed by atoms with E-state index >= 15 is 0 Å². The summed E-state index contributed by atoms with van der Waals surface area (Å²) in [5.74, 6) is -0.468. The molecule has 0 amide bonds. The Kier molecular flexibility index (Phi) is 3.82. The SMILES string of the molecule is Oc1ccc(N2CCN(c3ccc4nnc(C(F)(F)F)n4n3)CC2)cc1. The van der Waals surface area contributed by atoms with Crippen LogP contribution in [-0.4, -0.2) is 51.1 Å². The number of phenolic OH excluding ortho intramolecular Hbond substituents is 1. The summed E-state index contributed by atoms with van der Waals surface area (Å²) in [6, 6.07) is 10.1. The van der Waals surface area contributed by atoms with E-state index in [2.05, 4.69) is 20.2 Å². The van der Waals surface area contributed by atoms with Crippen molar-refractivity contribution in [1.29, 1.82) is 0 Å². The van der Waals surface area contributed by atoms with Crippen LogP contribution in [0, 0.1) is 0 Å². The summed E-state index contributed by atoms with van der Waals surface area (Å²) in [7, 11) is 0. The lowest BCUT2D eigenvalue weighted by atomic mass is 10.2. The third-order valence-electron chi connectivity index (χ3n) is 4.32. The quantitative estimate of drug-likeness (QED) is 0.752. The van der Waals surface area contributed by atoms with Crippen LogP contribution < -0.4 is 9.80 Å². The molecule has 1 saturated heterocycles. The third-order valence-corrected chi connectivity index (χ3v) is 4.32. The van der Waals surface area contributed by atoms with Crippen molar-refractivity contribution in [1.82, 2.24) is 19.8 Å². The second-order valence-corrected chi connectivity index (χ2v) is 5.97. The Bertz CT molecular complexity index is 916. The Hall–Kier alpha value is -3.04.